The predicted molar refractivity (Wildman–Crippen MR) is 54.8 cm³/mol. The summed E-state index contributed by atoms with van der Waals surface area (Å²) in [6.07, 6.45) is 0. The fourth-order valence-electron chi connectivity index (χ4n) is 0.671. The zero-order valence-corrected chi connectivity index (χ0v) is 11.3. The third-order valence-electron chi connectivity index (χ3n) is 1.18. The van der Waals surface area contributed by atoms with E-state index in [1.54, 1.807) is 0 Å². The van der Waals surface area contributed by atoms with Crippen molar-refractivity contribution in [2.24, 2.45) is 0 Å². The van der Waals surface area contributed by atoms with Gasteiger partial charge in [0, 0.05) is 29.6 Å². The fraction of sp³-hybridized carbons (Fsp3) is 0. The van der Waals surface area contributed by atoms with E-state index < -0.39 is 0 Å². The van der Waals surface area contributed by atoms with Gasteiger partial charge in [-0.2, -0.15) is 36.4 Å². The van der Waals surface area contributed by atoms with Crippen LogP contribution in [0.15, 0.2) is 54.6 Å². The first-order valence-corrected chi connectivity index (χ1v) is 3.81. The quantitative estimate of drug-likeness (QED) is 0.493. The molecule has 0 aliphatic heterocycles. The van der Waals surface area contributed by atoms with Gasteiger partial charge < -0.3 is 0 Å². The molecule has 0 amide bonds. The molecule has 0 aliphatic carbocycles. The van der Waals surface area contributed by atoms with Crippen molar-refractivity contribution in [3.05, 3.63) is 59.6 Å². The van der Waals surface area contributed by atoms with Gasteiger partial charge in [0.05, 0.1) is 0 Å². The van der Waals surface area contributed by atoms with E-state index in [1.165, 1.54) is 0 Å². The SMILES string of the molecule is Clc1ccc[cH-]1.[Fe+2].[Na].c1cc[cH-]c1. The maximum absolute atomic E-state index is 5.46. The number of halogens is 1. The van der Waals surface area contributed by atoms with E-state index in [0.29, 0.717) is 0 Å². The number of hydrogen-bond donors (Lipinski definition) is 0. The molecule has 0 saturated heterocycles. The minimum Gasteiger partial charge on any atom is -0.214 e. The standard InChI is InChI=1S/C5H4Cl.C5H5.Fe.Na/c6-5-3-1-2-4-5;1-2-4-5-3-1;;/h1-4H;1-5H;;/q2*-1;+2;. The van der Waals surface area contributed by atoms with Gasteiger partial charge in [-0.3, -0.25) is 0 Å². The molecular weight excluding hydrogens is 234 g/mol. The summed E-state index contributed by atoms with van der Waals surface area (Å²) in [5.41, 5.74) is 0. The Balaban J connectivity index is 0. The van der Waals surface area contributed by atoms with Crippen LogP contribution in [0.1, 0.15) is 0 Å². The van der Waals surface area contributed by atoms with Crippen molar-refractivity contribution in [2.45, 2.75) is 0 Å². The summed E-state index contributed by atoms with van der Waals surface area (Å²) in [7, 11) is 0. The van der Waals surface area contributed by atoms with Crippen molar-refractivity contribution in [3.63, 3.8) is 0 Å². The molecule has 1 radical (unpaired) electrons. The normalized spacial score (nSPS) is 7.15. The van der Waals surface area contributed by atoms with Crippen LogP contribution >= 0.6 is 11.6 Å². The summed E-state index contributed by atoms with van der Waals surface area (Å²) in [5.74, 6) is 0. The molecule has 0 aliphatic rings. The molecule has 2 aromatic carbocycles. The van der Waals surface area contributed by atoms with Gasteiger partial charge in [0.15, 0.2) is 0 Å². The molecule has 0 nitrogen and oxygen atoms in total. The molecule has 0 N–H and O–H groups in total. The molecule has 0 unspecified atom stereocenters. The van der Waals surface area contributed by atoms with Crippen LogP contribution in [0.5, 0.6) is 0 Å². The number of rotatable bonds is 0. The molecule has 2 rings (SSSR count). The summed E-state index contributed by atoms with van der Waals surface area (Å²) in [4.78, 5) is 0. The Kier molecular flexibility index (Phi) is 13.0. The Morgan fingerprint density at radius 3 is 1.77 bits per heavy atom. The van der Waals surface area contributed by atoms with Crippen molar-refractivity contribution in [3.8, 4) is 0 Å². The first-order chi connectivity index (χ1) is 5.39. The minimum absolute atomic E-state index is 0. The molecular formula is C10H9ClFeNa. The first-order valence-electron chi connectivity index (χ1n) is 3.43. The van der Waals surface area contributed by atoms with Gasteiger partial charge in [-0.25, -0.2) is 18.2 Å². The second-order valence-electron chi connectivity index (χ2n) is 2.07. The topological polar surface area (TPSA) is 0 Å². The molecule has 0 spiro atoms. The maximum Gasteiger partial charge on any atom is 2.00 e. The molecule has 2 aromatic rings. The predicted octanol–water partition coefficient (Wildman–Crippen LogP) is 3.08. The van der Waals surface area contributed by atoms with Crippen LogP contribution in [0.4, 0.5) is 0 Å². The van der Waals surface area contributed by atoms with Crippen molar-refractivity contribution in [1.82, 2.24) is 0 Å². The minimum atomic E-state index is 0. The van der Waals surface area contributed by atoms with Crippen LogP contribution in [0.2, 0.25) is 5.02 Å². The van der Waals surface area contributed by atoms with Crippen LogP contribution in [0.3, 0.4) is 0 Å². The van der Waals surface area contributed by atoms with Crippen LogP contribution in [0.25, 0.3) is 0 Å². The Morgan fingerprint density at radius 2 is 1.62 bits per heavy atom. The Bertz CT molecular complexity index is 233. The third kappa shape index (κ3) is 8.83. The van der Waals surface area contributed by atoms with Gasteiger partial charge in [-0.05, 0) is 0 Å². The Labute approximate surface area is 117 Å². The van der Waals surface area contributed by atoms with Crippen LogP contribution in [-0.2, 0) is 17.1 Å². The fourth-order valence-corrected chi connectivity index (χ4v) is 0.817. The van der Waals surface area contributed by atoms with E-state index in [1.807, 2.05) is 54.6 Å². The van der Waals surface area contributed by atoms with E-state index in [-0.39, 0.29) is 46.6 Å². The maximum atomic E-state index is 5.46. The van der Waals surface area contributed by atoms with Crippen molar-refractivity contribution < 1.29 is 17.1 Å². The largest absolute Gasteiger partial charge is 2.00 e. The molecule has 13 heavy (non-hydrogen) atoms. The molecule has 0 heterocycles. The molecule has 3 heteroatoms. The second-order valence-corrected chi connectivity index (χ2v) is 2.50. The van der Waals surface area contributed by atoms with Crippen LogP contribution in [0, 0.1) is 0 Å². The van der Waals surface area contributed by atoms with Gasteiger partial charge in [-0.1, -0.05) is 5.02 Å². The van der Waals surface area contributed by atoms with Gasteiger partial charge >= 0.3 is 17.1 Å². The second kappa shape index (κ2) is 10.6. The van der Waals surface area contributed by atoms with Gasteiger partial charge in [-0.15, -0.1) is 11.6 Å². The molecule has 0 aromatic heterocycles. The zero-order chi connectivity index (χ0) is 7.94. The van der Waals surface area contributed by atoms with Crippen molar-refractivity contribution in [1.29, 1.82) is 0 Å². The molecule has 0 atom stereocenters. The summed E-state index contributed by atoms with van der Waals surface area (Å²) in [6.45, 7) is 0. The summed E-state index contributed by atoms with van der Waals surface area (Å²) >= 11 is 5.46. The Hall–Kier alpha value is 0.509. The average Bonchev–Trinajstić information content (AvgIpc) is 2.57. The first kappa shape index (κ1) is 16.0. The molecule has 0 bridgehead atoms. The summed E-state index contributed by atoms with van der Waals surface area (Å²) in [6, 6.07) is 17.5. The summed E-state index contributed by atoms with van der Waals surface area (Å²) in [5, 5.41) is 0.815. The van der Waals surface area contributed by atoms with Crippen molar-refractivity contribution >= 4 is 41.2 Å². The van der Waals surface area contributed by atoms with Crippen LogP contribution in [-0.4, -0.2) is 29.6 Å². The monoisotopic (exact) mass is 243 g/mol. The van der Waals surface area contributed by atoms with E-state index in [9.17, 15) is 0 Å². The van der Waals surface area contributed by atoms with Gasteiger partial charge in [0.25, 0.3) is 0 Å². The van der Waals surface area contributed by atoms with Crippen LogP contribution < -0.4 is 0 Å². The average molecular weight is 243 g/mol. The van der Waals surface area contributed by atoms with Gasteiger partial charge in [0.1, 0.15) is 0 Å². The molecule has 0 fully saturated rings. The molecule has 0 saturated carbocycles. The zero-order valence-electron chi connectivity index (χ0n) is 7.43. The summed E-state index contributed by atoms with van der Waals surface area (Å²) < 4.78 is 0. The number of hydrogen-bond acceptors (Lipinski definition) is 0. The van der Waals surface area contributed by atoms with Crippen molar-refractivity contribution in [2.75, 3.05) is 0 Å². The van der Waals surface area contributed by atoms with E-state index in [0.717, 1.165) is 5.02 Å². The van der Waals surface area contributed by atoms with E-state index >= 15 is 0 Å². The third-order valence-corrected chi connectivity index (χ3v) is 1.43. The Morgan fingerprint density at radius 1 is 1.00 bits per heavy atom. The van der Waals surface area contributed by atoms with E-state index in [2.05, 4.69) is 0 Å². The molecule has 65 valence electrons. The van der Waals surface area contributed by atoms with Gasteiger partial charge in [0.2, 0.25) is 0 Å². The van der Waals surface area contributed by atoms with E-state index in [4.69, 9.17) is 11.6 Å². The smallest absolute Gasteiger partial charge is 0.214 e.